The molecule has 1 aromatic carbocycles. The Morgan fingerprint density at radius 1 is 1.37 bits per heavy atom. The van der Waals surface area contributed by atoms with Gasteiger partial charge in [0.2, 0.25) is 0 Å². The van der Waals surface area contributed by atoms with Crippen LogP contribution in [0.1, 0.15) is 24.2 Å². The van der Waals surface area contributed by atoms with Gasteiger partial charge < -0.3 is 15.0 Å². The zero-order chi connectivity index (χ0) is 13.8. The Labute approximate surface area is 114 Å². The number of nitrogens with one attached hydrogen (secondary N) is 1. The molecular weight excluding hydrogens is 240 g/mol. The Bertz CT molecular complexity index is 446. The SMILES string of the molecule is CNC(CN1CCOc2ccccc2C1=O)C(C)C. The van der Waals surface area contributed by atoms with Gasteiger partial charge in [-0.15, -0.1) is 0 Å². The third-order valence-electron chi connectivity index (χ3n) is 3.62. The highest BCUT2D eigenvalue weighted by molar-refractivity contribution is 5.97. The Hall–Kier alpha value is -1.55. The van der Waals surface area contributed by atoms with Crippen molar-refractivity contribution in [3.05, 3.63) is 29.8 Å². The molecule has 1 atom stereocenters. The van der Waals surface area contributed by atoms with Crippen LogP contribution in [-0.4, -0.2) is 43.6 Å². The maximum atomic E-state index is 12.5. The number of carbonyl (C=O) groups is 1. The van der Waals surface area contributed by atoms with Gasteiger partial charge in [0.25, 0.3) is 5.91 Å². The summed E-state index contributed by atoms with van der Waals surface area (Å²) in [6, 6.07) is 7.76. The fraction of sp³-hybridized carbons (Fsp3) is 0.533. The van der Waals surface area contributed by atoms with Crippen LogP contribution in [0.2, 0.25) is 0 Å². The quantitative estimate of drug-likeness (QED) is 0.899. The van der Waals surface area contributed by atoms with Gasteiger partial charge in [0, 0.05) is 12.6 Å². The second kappa shape index (κ2) is 6.06. The molecule has 0 aromatic heterocycles. The first-order valence-corrected chi connectivity index (χ1v) is 6.82. The van der Waals surface area contributed by atoms with Crippen molar-refractivity contribution in [3.8, 4) is 5.75 Å². The van der Waals surface area contributed by atoms with Gasteiger partial charge >= 0.3 is 0 Å². The summed E-state index contributed by atoms with van der Waals surface area (Å²) in [5, 5.41) is 3.28. The molecule has 0 saturated carbocycles. The molecule has 0 saturated heterocycles. The molecular formula is C15H22N2O2. The Balaban J connectivity index is 2.17. The predicted octanol–water partition coefficient (Wildman–Crippen LogP) is 1.77. The monoisotopic (exact) mass is 262 g/mol. The number of benzene rings is 1. The summed E-state index contributed by atoms with van der Waals surface area (Å²) in [7, 11) is 1.94. The highest BCUT2D eigenvalue weighted by atomic mass is 16.5. The Morgan fingerprint density at radius 2 is 2.11 bits per heavy atom. The molecule has 4 nitrogen and oxygen atoms in total. The number of likely N-dealkylation sites (N-methyl/N-ethyl adjacent to an activating group) is 1. The largest absolute Gasteiger partial charge is 0.491 e. The molecule has 4 heteroatoms. The lowest BCUT2D eigenvalue weighted by Crippen LogP contribution is -2.45. The fourth-order valence-electron chi connectivity index (χ4n) is 2.35. The fourth-order valence-corrected chi connectivity index (χ4v) is 2.35. The van der Waals surface area contributed by atoms with Gasteiger partial charge in [-0.2, -0.15) is 0 Å². The van der Waals surface area contributed by atoms with Gasteiger partial charge in [-0.1, -0.05) is 26.0 Å². The summed E-state index contributed by atoms with van der Waals surface area (Å²) in [5.74, 6) is 1.24. The minimum Gasteiger partial charge on any atom is -0.491 e. The van der Waals surface area contributed by atoms with Crippen molar-refractivity contribution in [1.29, 1.82) is 0 Å². The molecule has 1 aliphatic rings. The first-order valence-electron chi connectivity index (χ1n) is 6.82. The van der Waals surface area contributed by atoms with Crippen LogP contribution in [0.4, 0.5) is 0 Å². The third-order valence-corrected chi connectivity index (χ3v) is 3.62. The van der Waals surface area contributed by atoms with E-state index in [1.165, 1.54) is 0 Å². The topological polar surface area (TPSA) is 41.6 Å². The van der Waals surface area contributed by atoms with Crippen molar-refractivity contribution in [2.45, 2.75) is 19.9 Å². The van der Waals surface area contributed by atoms with Crippen molar-refractivity contribution in [3.63, 3.8) is 0 Å². The average Bonchev–Trinajstić information content (AvgIpc) is 2.56. The Kier molecular flexibility index (Phi) is 4.43. The molecule has 1 heterocycles. The zero-order valence-corrected chi connectivity index (χ0v) is 11.8. The molecule has 0 fully saturated rings. The van der Waals surface area contributed by atoms with E-state index in [9.17, 15) is 4.79 Å². The molecule has 1 aliphatic heterocycles. The van der Waals surface area contributed by atoms with Crippen LogP contribution in [-0.2, 0) is 0 Å². The number of rotatable bonds is 4. The van der Waals surface area contributed by atoms with Crippen molar-refractivity contribution in [2.75, 3.05) is 26.7 Å². The minimum atomic E-state index is 0.0639. The van der Waals surface area contributed by atoms with E-state index >= 15 is 0 Å². The van der Waals surface area contributed by atoms with Crippen molar-refractivity contribution in [1.82, 2.24) is 10.2 Å². The van der Waals surface area contributed by atoms with Gasteiger partial charge in [0.15, 0.2) is 0 Å². The van der Waals surface area contributed by atoms with Crippen molar-refractivity contribution in [2.24, 2.45) is 5.92 Å². The highest BCUT2D eigenvalue weighted by Gasteiger charge is 2.25. The summed E-state index contributed by atoms with van der Waals surface area (Å²) in [5.41, 5.74) is 0.665. The molecule has 0 bridgehead atoms. The summed E-state index contributed by atoms with van der Waals surface area (Å²) in [4.78, 5) is 14.4. The Morgan fingerprint density at radius 3 is 2.79 bits per heavy atom. The minimum absolute atomic E-state index is 0.0639. The molecule has 2 rings (SSSR count). The number of carbonyl (C=O) groups excluding carboxylic acids is 1. The molecule has 104 valence electrons. The second-order valence-corrected chi connectivity index (χ2v) is 5.23. The normalized spacial score (nSPS) is 16.8. The van der Waals surface area contributed by atoms with E-state index in [1.807, 2.05) is 36.2 Å². The molecule has 1 aromatic rings. The number of hydrogen-bond acceptors (Lipinski definition) is 3. The van der Waals surface area contributed by atoms with E-state index in [-0.39, 0.29) is 5.91 Å². The lowest BCUT2D eigenvalue weighted by Gasteiger charge is -2.28. The highest BCUT2D eigenvalue weighted by Crippen LogP contribution is 2.22. The number of nitrogens with zero attached hydrogens (tertiary/aromatic N) is 1. The second-order valence-electron chi connectivity index (χ2n) is 5.23. The van der Waals surface area contributed by atoms with E-state index in [2.05, 4.69) is 19.2 Å². The standard InChI is InChI=1S/C15H22N2O2/c1-11(2)13(16-3)10-17-8-9-19-14-7-5-4-6-12(14)15(17)18/h4-7,11,13,16H,8-10H2,1-3H3. The lowest BCUT2D eigenvalue weighted by atomic mass is 10.0. The van der Waals surface area contributed by atoms with Crippen molar-refractivity contribution < 1.29 is 9.53 Å². The van der Waals surface area contributed by atoms with Gasteiger partial charge in [-0.05, 0) is 25.1 Å². The summed E-state index contributed by atoms with van der Waals surface area (Å²) >= 11 is 0. The first-order chi connectivity index (χ1) is 9.13. The third kappa shape index (κ3) is 3.07. The number of amides is 1. The lowest BCUT2D eigenvalue weighted by molar-refractivity contribution is 0.0729. The predicted molar refractivity (Wildman–Crippen MR) is 75.5 cm³/mol. The maximum absolute atomic E-state index is 12.5. The molecule has 0 aliphatic carbocycles. The van der Waals surface area contributed by atoms with Crippen LogP contribution < -0.4 is 10.1 Å². The smallest absolute Gasteiger partial charge is 0.257 e. The zero-order valence-electron chi connectivity index (χ0n) is 11.8. The van der Waals surface area contributed by atoms with Gasteiger partial charge in [0.05, 0.1) is 12.1 Å². The van der Waals surface area contributed by atoms with Crippen LogP contribution in [0.25, 0.3) is 0 Å². The van der Waals surface area contributed by atoms with Gasteiger partial charge in [-0.3, -0.25) is 4.79 Å². The molecule has 19 heavy (non-hydrogen) atoms. The molecule has 0 radical (unpaired) electrons. The van der Waals surface area contributed by atoms with E-state index in [0.29, 0.717) is 43.0 Å². The number of fused-ring (bicyclic) bond motifs is 1. The molecule has 1 unspecified atom stereocenters. The van der Waals surface area contributed by atoms with Crippen LogP contribution in [0.3, 0.4) is 0 Å². The van der Waals surface area contributed by atoms with E-state index < -0.39 is 0 Å². The average molecular weight is 262 g/mol. The summed E-state index contributed by atoms with van der Waals surface area (Å²) in [6.45, 7) is 6.22. The number of hydrogen-bond donors (Lipinski definition) is 1. The number of para-hydroxylation sites is 1. The van der Waals surface area contributed by atoms with Crippen LogP contribution in [0.15, 0.2) is 24.3 Å². The van der Waals surface area contributed by atoms with Gasteiger partial charge in [-0.25, -0.2) is 0 Å². The van der Waals surface area contributed by atoms with E-state index in [1.54, 1.807) is 0 Å². The first kappa shape index (κ1) is 13.9. The number of ether oxygens (including phenoxy) is 1. The van der Waals surface area contributed by atoms with Crippen LogP contribution in [0, 0.1) is 5.92 Å². The summed E-state index contributed by atoms with van der Waals surface area (Å²) in [6.07, 6.45) is 0. The maximum Gasteiger partial charge on any atom is 0.257 e. The van der Waals surface area contributed by atoms with E-state index in [0.717, 1.165) is 0 Å². The van der Waals surface area contributed by atoms with Crippen LogP contribution >= 0.6 is 0 Å². The van der Waals surface area contributed by atoms with Crippen LogP contribution in [0.5, 0.6) is 5.75 Å². The summed E-state index contributed by atoms with van der Waals surface area (Å²) < 4.78 is 5.64. The van der Waals surface area contributed by atoms with Gasteiger partial charge in [0.1, 0.15) is 12.4 Å². The van der Waals surface area contributed by atoms with E-state index in [4.69, 9.17) is 4.74 Å². The molecule has 0 spiro atoms. The van der Waals surface area contributed by atoms with Crippen molar-refractivity contribution >= 4 is 5.91 Å². The molecule has 1 N–H and O–H groups in total. The molecule has 1 amide bonds.